The lowest BCUT2D eigenvalue weighted by molar-refractivity contribution is 0.0497. The summed E-state index contributed by atoms with van der Waals surface area (Å²) < 4.78 is 10.1. The number of hydrogen-bond acceptors (Lipinski definition) is 6. The Hall–Kier alpha value is -1.63. The maximum absolute atomic E-state index is 11.6. The third-order valence-electron chi connectivity index (χ3n) is 1.98. The molecule has 0 unspecified atom stereocenters. The SMILES string of the molecule is CCCOC(=O)c1csc(CNC(=O)OC(C)(C)C)n1. The number of esters is 1. The van der Waals surface area contributed by atoms with Crippen molar-refractivity contribution in [2.45, 2.75) is 46.3 Å². The van der Waals surface area contributed by atoms with Crippen LogP contribution in [0.4, 0.5) is 4.79 Å². The lowest BCUT2D eigenvalue weighted by atomic mass is 10.2. The Morgan fingerprint density at radius 3 is 2.70 bits per heavy atom. The first-order valence-corrected chi connectivity index (χ1v) is 7.28. The van der Waals surface area contributed by atoms with Gasteiger partial charge in [-0.2, -0.15) is 0 Å². The van der Waals surface area contributed by atoms with E-state index in [-0.39, 0.29) is 12.2 Å². The van der Waals surface area contributed by atoms with Gasteiger partial charge in [0, 0.05) is 5.38 Å². The number of carbonyl (C=O) groups is 2. The Bertz CT molecular complexity index is 465. The van der Waals surface area contributed by atoms with Crippen molar-refractivity contribution in [3.8, 4) is 0 Å². The maximum Gasteiger partial charge on any atom is 0.408 e. The van der Waals surface area contributed by atoms with Gasteiger partial charge in [0.05, 0.1) is 13.2 Å². The van der Waals surface area contributed by atoms with Gasteiger partial charge in [-0.3, -0.25) is 0 Å². The van der Waals surface area contributed by atoms with Crippen molar-refractivity contribution < 1.29 is 19.1 Å². The van der Waals surface area contributed by atoms with Crippen LogP contribution in [-0.2, 0) is 16.0 Å². The molecule has 0 radical (unpaired) electrons. The van der Waals surface area contributed by atoms with E-state index in [1.54, 1.807) is 26.2 Å². The molecular formula is C13H20N2O4S. The van der Waals surface area contributed by atoms with Crippen LogP contribution in [0.2, 0.25) is 0 Å². The molecule has 0 aromatic carbocycles. The number of carbonyl (C=O) groups excluding carboxylic acids is 2. The highest BCUT2D eigenvalue weighted by atomic mass is 32.1. The number of nitrogens with one attached hydrogen (secondary N) is 1. The third kappa shape index (κ3) is 6.01. The van der Waals surface area contributed by atoms with E-state index >= 15 is 0 Å². The van der Waals surface area contributed by atoms with Crippen molar-refractivity contribution in [1.29, 1.82) is 0 Å². The summed E-state index contributed by atoms with van der Waals surface area (Å²) in [5, 5.41) is 4.83. The fraction of sp³-hybridized carbons (Fsp3) is 0.615. The second-order valence-electron chi connectivity index (χ2n) is 5.12. The Kier molecular flexibility index (Phi) is 5.94. The maximum atomic E-state index is 11.6. The smallest absolute Gasteiger partial charge is 0.408 e. The first-order valence-electron chi connectivity index (χ1n) is 6.40. The first kappa shape index (κ1) is 16.4. The molecule has 0 atom stereocenters. The van der Waals surface area contributed by atoms with Gasteiger partial charge in [-0.25, -0.2) is 14.6 Å². The number of ether oxygens (including phenoxy) is 2. The Labute approximate surface area is 122 Å². The van der Waals surface area contributed by atoms with Gasteiger partial charge in [0.2, 0.25) is 0 Å². The van der Waals surface area contributed by atoms with Crippen LogP contribution in [0, 0.1) is 0 Å². The van der Waals surface area contributed by atoms with Crippen molar-refractivity contribution in [3.05, 3.63) is 16.1 Å². The lowest BCUT2D eigenvalue weighted by Gasteiger charge is -2.19. The second-order valence-corrected chi connectivity index (χ2v) is 6.06. The Morgan fingerprint density at radius 2 is 2.10 bits per heavy atom. The molecule has 0 saturated carbocycles. The van der Waals surface area contributed by atoms with Crippen LogP contribution in [0.1, 0.15) is 49.6 Å². The fourth-order valence-electron chi connectivity index (χ4n) is 1.22. The standard InChI is InChI=1S/C13H20N2O4S/c1-5-6-18-11(16)9-8-20-10(15-9)7-14-12(17)19-13(2,3)4/h8H,5-7H2,1-4H3,(H,14,17). The molecule has 1 N–H and O–H groups in total. The summed E-state index contributed by atoms with van der Waals surface area (Å²) in [7, 11) is 0. The van der Waals surface area contributed by atoms with E-state index < -0.39 is 17.7 Å². The predicted octanol–water partition coefficient (Wildman–Crippen LogP) is 2.73. The van der Waals surface area contributed by atoms with Crippen molar-refractivity contribution in [1.82, 2.24) is 10.3 Å². The lowest BCUT2D eigenvalue weighted by Crippen LogP contribution is -2.32. The average Bonchev–Trinajstić information content (AvgIpc) is 2.80. The quantitative estimate of drug-likeness (QED) is 0.846. The summed E-state index contributed by atoms with van der Waals surface area (Å²) >= 11 is 1.29. The van der Waals surface area contributed by atoms with E-state index in [4.69, 9.17) is 9.47 Å². The predicted molar refractivity (Wildman–Crippen MR) is 75.8 cm³/mol. The molecule has 1 rings (SSSR count). The minimum atomic E-state index is -0.540. The normalized spacial score (nSPS) is 11.0. The molecule has 0 aliphatic carbocycles. The molecule has 0 aliphatic rings. The van der Waals surface area contributed by atoms with E-state index in [2.05, 4.69) is 10.3 Å². The zero-order valence-electron chi connectivity index (χ0n) is 12.2. The molecule has 1 heterocycles. The Balaban J connectivity index is 2.44. The molecular weight excluding hydrogens is 280 g/mol. The summed E-state index contributed by atoms with van der Waals surface area (Å²) in [5.74, 6) is -0.438. The van der Waals surface area contributed by atoms with Gasteiger partial charge in [0.1, 0.15) is 10.6 Å². The zero-order valence-corrected chi connectivity index (χ0v) is 13.0. The molecule has 0 fully saturated rings. The van der Waals surface area contributed by atoms with Crippen LogP contribution in [-0.4, -0.2) is 29.3 Å². The van der Waals surface area contributed by atoms with Crippen LogP contribution in [0.3, 0.4) is 0 Å². The summed E-state index contributed by atoms with van der Waals surface area (Å²) in [6.07, 6.45) is 0.256. The third-order valence-corrected chi connectivity index (χ3v) is 2.83. The van der Waals surface area contributed by atoms with Gasteiger partial charge in [-0.05, 0) is 27.2 Å². The van der Waals surface area contributed by atoms with Gasteiger partial charge < -0.3 is 14.8 Å². The van der Waals surface area contributed by atoms with E-state index in [9.17, 15) is 9.59 Å². The Morgan fingerprint density at radius 1 is 1.40 bits per heavy atom. The topological polar surface area (TPSA) is 77.5 Å². The average molecular weight is 300 g/mol. The molecule has 0 aliphatic heterocycles. The minimum Gasteiger partial charge on any atom is -0.461 e. The molecule has 1 amide bonds. The number of aromatic nitrogens is 1. The van der Waals surface area contributed by atoms with Gasteiger partial charge in [0.15, 0.2) is 5.69 Å². The first-order chi connectivity index (χ1) is 9.31. The molecule has 1 aromatic rings. The molecule has 112 valence electrons. The number of alkyl carbamates (subject to hydrolysis) is 1. The van der Waals surface area contributed by atoms with E-state index in [0.717, 1.165) is 6.42 Å². The van der Waals surface area contributed by atoms with Crippen LogP contribution < -0.4 is 5.32 Å². The van der Waals surface area contributed by atoms with Crippen molar-refractivity contribution in [3.63, 3.8) is 0 Å². The number of amides is 1. The van der Waals surface area contributed by atoms with E-state index in [1.165, 1.54) is 11.3 Å². The number of thiazole rings is 1. The van der Waals surface area contributed by atoms with Crippen LogP contribution in [0.5, 0.6) is 0 Å². The van der Waals surface area contributed by atoms with Gasteiger partial charge in [0.25, 0.3) is 0 Å². The summed E-state index contributed by atoms with van der Waals surface area (Å²) in [6, 6.07) is 0. The molecule has 0 bridgehead atoms. The van der Waals surface area contributed by atoms with Gasteiger partial charge in [-0.15, -0.1) is 11.3 Å². The molecule has 6 nitrogen and oxygen atoms in total. The van der Waals surface area contributed by atoms with Gasteiger partial charge in [-0.1, -0.05) is 6.92 Å². The van der Waals surface area contributed by atoms with E-state index in [0.29, 0.717) is 11.6 Å². The molecule has 0 saturated heterocycles. The zero-order chi connectivity index (χ0) is 15.2. The summed E-state index contributed by atoms with van der Waals surface area (Å²) in [6.45, 7) is 7.89. The van der Waals surface area contributed by atoms with Crippen LogP contribution in [0.25, 0.3) is 0 Å². The van der Waals surface area contributed by atoms with Crippen LogP contribution in [0.15, 0.2) is 5.38 Å². The highest BCUT2D eigenvalue weighted by molar-refractivity contribution is 7.09. The molecule has 1 aromatic heterocycles. The van der Waals surface area contributed by atoms with Gasteiger partial charge >= 0.3 is 12.1 Å². The molecule has 20 heavy (non-hydrogen) atoms. The second kappa shape index (κ2) is 7.23. The number of rotatable bonds is 5. The summed E-state index contributed by atoms with van der Waals surface area (Å²) in [4.78, 5) is 27.1. The minimum absolute atomic E-state index is 0.223. The van der Waals surface area contributed by atoms with Crippen molar-refractivity contribution in [2.75, 3.05) is 6.61 Å². The van der Waals surface area contributed by atoms with Crippen LogP contribution >= 0.6 is 11.3 Å². The highest BCUT2D eigenvalue weighted by Crippen LogP contribution is 2.11. The summed E-state index contributed by atoms with van der Waals surface area (Å²) in [5.41, 5.74) is -0.272. The monoisotopic (exact) mass is 300 g/mol. The van der Waals surface area contributed by atoms with Crippen molar-refractivity contribution in [2.24, 2.45) is 0 Å². The fourth-order valence-corrected chi connectivity index (χ4v) is 1.92. The molecule has 7 heteroatoms. The highest BCUT2D eigenvalue weighted by Gasteiger charge is 2.17. The number of nitrogens with zero attached hydrogens (tertiary/aromatic N) is 1. The largest absolute Gasteiger partial charge is 0.461 e. The molecule has 0 spiro atoms. The number of hydrogen-bond donors (Lipinski definition) is 1. The van der Waals surface area contributed by atoms with E-state index in [1.807, 2.05) is 6.92 Å². The van der Waals surface area contributed by atoms with Crippen molar-refractivity contribution >= 4 is 23.4 Å².